The van der Waals surface area contributed by atoms with E-state index in [1.807, 2.05) is 18.7 Å². The summed E-state index contributed by atoms with van der Waals surface area (Å²) in [4.78, 5) is 14.3. The molecular weight excluding hydrogens is 269 g/mol. The van der Waals surface area contributed by atoms with E-state index in [9.17, 15) is 18.0 Å². The molecule has 1 saturated heterocycles. The third kappa shape index (κ3) is 3.45. The number of alkyl halides is 3. The Hall–Kier alpha value is -0.780. The maximum Gasteiger partial charge on any atom is 0.391 e. The Morgan fingerprint density at radius 3 is 2.30 bits per heavy atom. The lowest BCUT2D eigenvalue weighted by Crippen LogP contribution is -2.57. The van der Waals surface area contributed by atoms with Crippen LogP contribution in [0.5, 0.6) is 0 Å². The zero-order chi connectivity index (χ0) is 14.9. The molecule has 2 rings (SSSR count). The highest BCUT2D eigenvalue weighted by atomic mass is 19.4. The lowest BCUT2D eigenvalue weighted by atomic mass is 9.80. The van der Waals surface area contributed by atoms with Gasteiger partial charge in [0.05, 0.1) is 5.92 Å². The lowest BCUT2D eigenvalue weighted by molar-refractivity contribution is -0.185. The third-order valence-electron chi connectivity index (χ3n) is 4.59. The first-order chi connectivity index (χ1) is 9.29. The van der Waals surface area contributed by atoms with Gasteiger partial charge >= 0.3 is 6.18 Å². The van der Waals surface area contributed by atoms with Gasteiger partial charge in [-0.1, -0.05) is 0 Å². The van der Waals surface area contributed by atoms with Crippen molar-refractivity contribution in [2.75, 3.05) is 13.1 Å². The van der Waals surface area contributed by atoms with E-state index in [1.54, 1.807) is 0 Å². The fraction of sp³-hybridized carbons (Fsp3) is 0.929. The number of amides is 1. The van der Waals surface area contributed by atoms with Gasteiger partial charge in [0.15, 0.2) is 0 Å². The van der Waals surface area contributed by atoms with Gasteiger partial charge in [-0.15, -0.1) is 0 Å². The van der Waals surface area contributed by atoms with E-state index in [0.29, 0.717) is 19.4 Å². The number of hydrogen-bond acceptors (Lipinski definition) is 2. The largest absolute Gasteiger partial charge is 0.391 e. The highest BCUT2D eigenvalue weighted by molar-refractivity contribution is 5.79. The molecule has 0 aromatic carbocycles. The standard InChI is InChI=1S/C14H23F3N2O/c1-9-8-19(10(2)7-18-9)13(20)11-3-5-12(6-4-11)14(15,16)17/h9-12,18H,3-8H2,1-2H3. The molecule has 0 aromatic heterocycles. The molecule has 2 aliphatic rings. The van der Waals surface area contributed by atoms with Crippen molar-refractivity contribution in [2.24, 2.45) is 11.8 Å². The summed E-state index contributed by atoms with van der Waals surface area (Å²) >= 11 is 0. The Morgan fingerprint density at radius 2 is 1.75 bits per heavy atom. The number of halogens is 3. The Labute approximate surface area is 117 Å². The van der Waals surface area contributed by atoms with Crippen molar-refractivity contribution in [3.8, 4) is 0 Å². The van der Waals surface area contributed by atoms with Crippen molar-refractivity contribution in [3.63, 3.8) is 0 Å². The van der Waals surface area contributed by atoms with Gasteiger partial charge in [-0.3, -0.25) is 4.79 Å². The van der Waals surface area contributed by atoms with Gasteiger partial charge in [0.1, 0.15) is 0 Å². The number of nitrogens with one attached hydrogen (secondary N) is 1. The van der Waals surface area contributed by atoms with Crippen LogP contribution in [0.4, 0.5) is 13.2 Å². The molecule has 1 N–H and O–H groups in total. The number of carbonyl (C=O) groups is 1. The van der Waals surface area contributed by atoms with Crippen LogP contribution in [0.15, 0.2) is 0 Å². The molecule has 1 saturated carbocycles. The van der Waals surface area contributed by atoms with E-state index in [2.05, 4.69) is 5.32 Å². The van der Waals surface area contributed by atoms with E-state index >= 15 is 0 Å². The van der Waals surface area contributed by atoms with Crippen LogP contribution in [-0.2, 0) is 4.79 Å². The van der Waals surface area contributed by atoms with Crippen molar-refractivity contribution in [1.82, 2.24) is 10.2 Å². The third-order valence-corrected chi connectivity index (χ3v) is 4.59. The first kappa shape index (κ1) is 15.6. The van der Waals surface area contributed by atoms with Crippen molar-refractivity contribution in [2.45, 2.75) is 57.8 Å². The van der Waals surface area contributed by atoms with Crippen LogP contribution in [0.2, 0.25) is 0 Å². The molecule has 2 fully saturated rings. The minimum Gasteiger partial charge on any atom is -0.337 e. The molecule has 2 atom stereocenters. The van der Waals surface area contributed by atoms with Gasteiger partial charge in [0, 0.05) is 31.1 Å². The highest BCUT2D eigenvalue weighted by Crippen LogP contribution is 2.40. The van der Waals surface area contributed by atoms with Crippen LogP contribution in [0.25, 0.3) is 0 Å². The van der Waals surface area contributed by atoms with E-state index < -0.39 is 12.1 Å². The zero-order valence-electron chi connectivity index (χ0n) is 12.0. The van der Waals surface area contributed by atoms with Crippen LogP contribution in [0.3, 0.4) is 0 Å². The predicted octanol–water partition coefficient (Wildman–Crippen LogP) is 2.56. The molecule has 0 radical (unpaired) electrons. The van der Waals surface area contributed by atoms with Gasteiger partial charge in [-0.05, 0) is 39.5 Å². The molecule has 116 valence electrons. The van der Waals surface area contributed by atoms with Crippen molar-refractivity contribution in [1.29, 1.82) is 0 Å². The second-order valence-electron chi connectivity index (χ2n) is 6.24. The van der Waals surface area contributed by atoms with Gasteiger partial charge in [-0.2, -0.15) is 13.2 Å². The second-order valence-corrected chi connectivity index (χ2v) is 6.24. The highest BCUT2D eigenvalue weighted by Gasteiger charge is 2.43. The average molecular weight is 292 g/mol. The smallest absolute Gasteiger partial charge is 0.337 e. The number of carbonyl (C=O) groups excluding carboxylic acids is 1. The zero-order valence-corrected chi connectivity index (χ0v) is 12.0. The van der Waals surface area contributed by atoms with Gasteiger partial charge in [0.25, 0.3) is 0 Å². The average Bonchev–Trinajstić information content (AvgIpc) is 2.40. The lowest BCUT2D eigenvalue weighted by Gasteiger charge is -2.40. The van der Waals surface area contributed by atoms with Gasteiger partial charge in [-0.25, -0.2) is 0 Å². The Bertz CT molecular complexity index is 351. The van der Waals surface area contributed by atoms with Gasteiger partial charge in [0.2, 0.25) is 5.91 Å². The van der Waals surface area contributed by atoms with Crippen LogP contribution in [0.1, 0.15) is 39.5 Å². The molecule has 1 amide bonds. The van der Waals surface area contributed by atoms with Crippen LogP contribution in [0, 0.1) is 11.8 Å². The maximum atomic E-state index is 12.6. The van der Waals surface area contributed by atoms with E-state index in [-0.39, 0.29) is 36.8 Å². The van der Waals surface area contributed by atoms with Crippen LogP contribution < -0.4 is 5.32 Å². The topological polar surface area (TPSA) is 32.3 Å². The Balaban J connectivity index is 1.91. The molecule has 1 heterocycles. The quantitative estimate of drug-likeness (QED) is 0.805. The molecular formula is C14H23F3N2O. The maximum absolute atomic E-state index is 12.6. The Kier molecular flexibility index (Phi) is 4.62. The van der Waals surface area contributed by atoms with Crippen LogP contribution >= 0.6 is 0 Å². The molecule has 0 bridgehead atoms. The fourth-order valence-corrected chi connectivity index (χ4v) is 3.23. The van der Waals surface area contributed by atoms with Crippen molar-refractivity contribution >= 4 is 5.91 Å². The first-order valence-corrected chi connectivity index (χ1v) is 7.39. The normalized spacial score (nSPS) is 36.0. The number of piperazine rings is 1. The molecule has 2 unspecified atom stereocenters. The molecule has 1 aliphatic heterocycles. The number of hydrogen-bond donors (Lipinski definition) is 1. The van der Waals surface area contributed by atoms with Crippen LogP contribution in [-0.4, -0.2) is 42.2 Å². The molecule has 0 aromatic rings. The summed E-state index contributed by atoms with van der Waals surface area (Å²) in [6, 6.07) is 0.376. The Morgan fingerprint density at radius 1 is 1.15 bits per heavy atom. The van der Waals surface area contributed by atoms with Crippen molar-refractivity contribution in [3.05, 3.63) is 0 Å². The summed E-state index contributed by atoms with van der Waals surface area (Å²) in [5, 5.41) is 3.30. The SMILES string of the molecule is CC1CN(C(=O)C2CCC(C(F)(F)F)CC2)C(C)CN1. The monoisotopic (exact) mass is 292 g/mol. The number of nitrogens with zero attached hydrogens (tertiary/aromatic N) is 1. The summed E-state index contributed by atoms with van der Waals surface area (Å²) in [6.45, 7) is 5.41. The number of rotatable bonds is 1. The van der Waals surface area contributed by atoms with E-state index in [0.717, 1.165) is 6.54 Å². The molecule has 0 spiro atoms. The predicted molar refractivity (Wildman–Crippen MR) is 70.1 cm³/mol. The fourth-order valence-electron chi connectivity index (χ4n) is 3.23. The summed E-state index contributed by atoms with van der Waals surface area (Å²) < 4.78 is 37.9. The minimum absolute atomic E-state index is 0.0477. The summed E-state index contributed by atoms with van der Waals surface area (Å²) in [5.74, 6) is -1.39. The molecule has 1 aliphatic carbocycles. The van der Waals surface area contributed by atoms with Crippen molar-refractivity contribution < 1.29 is 18.0 Å². The summed E-state index contributed by atoms with van der Waals surface area (Å²) in [7, 11) is 0. The molecule has 20 heavy (non-hydrogen) atoms. The van der Waals surface area contributed by atoms with Gasteiger partial charge < -0.3 is 10.2 Å². The first-order valence-electron chi connectivity index (χ1n) is 7.39. The van der Waals surface area contributed by atoms with E-state index in [4.69, 9.17) is 0 Å². The van der Waals surface area contributed by atoms with E-state index in [1.165, 1.54) is 0 Å². The molecule has 6 heteroatoms. The minimum atomic E-state index is -4.11. The summed E-state index contributed by atoms with van der Waals surface area (Å²) in [6.07, 6.45) is -3.18. The second kappa shape index (κ2) is 5.92. The summed E-state index contributed by atoms with van der Waals surface area (Å²) in [5.41, 5.74) is 0. The molecule has 3 nitrogen and oxygen atoms in total.